The largest absolute Gasteiger partial charge is 0.489 e. The molecular formula is C17H18ClF3N2O4. The quantitative estimate of drug-likeness (QED) is 0.663. The predicted molar refractivity (Wildman–Crippen MR) is 92.0 cm³/mol. The topological polar surface area (TPSA) is 73.6 Å². The third-order valence-corrected chi connectivity index (χ3v) is 3.96. The number of rotatable bonds is 8. The third-order valence-electron chi connectivity index (χ3n) is 3.66. The van der Waals surface area contributed by atoms with Gasteiger partial charge < -0.3 is 19.3 Å². The van der Waals surface area contributed by atoms with E-state index in [1.807, 2.05) is 0 Å². The fourth-order valence-electron chi connectivity index (χ4n) is 2.26. The average molecular weight is 407 g/mol. The molecule has 2 aromatic rings. The first kappa shape index (κ1) is 21.0. The van der Waals surface area contributed by atoms with Gasteiger partial charge >= 0.3 is 6.18 Å². The number of anilines is 1. The Morgan fingerprint density at radius 3 is 2.67 bits per heavy atom. The van der Waals surface area contributed by atoms with Crippen LogP contribution in [0.2, 0.25) is 5.22 Å². The summed E-state index contributed by atoms with van der Waals surface area (Å²) in [4.78, 5) is 12.2. The molecule has 0 atom stereocenters. The van der Waals surface area contributed by atoms with Gasteiger partial charge in [0.1, 0.15) is 12.4 Å². The molecule has 0 spiro atoms. The van der Waals surface area contributed by atoms with Gasteiger partial charge in [-0.2, -0.15) is 13.2 Å². The van der Waals surface area contributed by atoms with Crippen LogP contribution in [0.4, 0.5) is 18.9 Å². The number of hydrogen-bond acceptors (Lipinski definition) is 5. The highest BCUT2D eigenvalue weighted by atomic mass is 35.5. The fraction of sp³-hybridized carbons (Fsp3) is 0.412. The zero-order chi connectivity index (χ0) is 20.0. The van der Waals surface area contributed by atoms with Gasteiger partial charge in [-0.3, -0.25) is 4.79 Å². The number of carbonyl (C=O) groups is 1. The van der Waals surface area contributed by atoms with Crippen molar-refractivity contribution in [1.29, 1.82) is 0 Å². The van der Waals surface area contributed by atoms with Crippen LogP contribution in [0.3, 0.4) is 0 Å². The number of methoxy groups -OCH3 is 1. The van der Waals surface area contributed by atoms with Gasteiger partial charge in [-0.15, -0.1) is 0 Å². The Morgan fingerprint density at radius 1 is 1.33 bits per heavy atom. The van der Waals surface area contributed by atoms with Crippen molar-refractivity contribution in [3.8, 4) is 5.75 Å². The lowest BCUT2D eigenvalue weighted by molar-refractivity contribution is -0.137. The molecule has 0 saturated heterocycles. The van der Waals surface area contributed by atoms with E-state index in [1.165, 1.54) is 7.11 Å². The summed E-state index contributed by atoms with van der Waals surface area (Å²) in [5.74, 6) is -0.379. The third kappa shape index (κ3) is 5.86. The molecule has 1 amide bonds. The van der Waals surface area contributed by atoms with Crippen molar-refractivity contribution < 1.29 is 32.0 Å². The van der Waals surface area contributed by atoms with Gasteiger partial charge in [-0.25, -0.2) is 0 Å². The minimum absolute atomic E-state index is 0.0183. The smallest absolute Gasteiger partial charge is 0.416 e. The molecule has 1 heterocycles. The second-order valence-corrected chi connectivity index (χ2v) is 5.96. The lowest BCUT2D eigenvalue weighted by Gasteiger charge is -2.15. The maximum absolute atomic E-state index is 13.0. The summed E-state index contributed by atoms with van der Waals surface area (Å²) in [7, 11) is 1.47. The number of nitrogens with one attached hydrogen (secondary N) is 1. The minimum atomic E-state index is -4.54. The predicted octanol–water partition coefficient (Wildman–Crippen LogP) is 4.25. The monoisotopic (exact) mass is 406 g/mol. The van der Waals surface area contributed by atoms with E-state index in [0.717, 1.165) is 18.2 Å². The molecular weight excluding hydrogens is 389 g/mol. The molecule has 0 unspecified atom stereocenters. The number of benzene rings is 1. The molecule has 6 nitrogen and oxygen atoms in total. The lowest BCUT2D eigenvalue weighted by atomic mass is 10.1. The van der Waals surface area contributed by atoms with Gasteiger partial charge in [0.2, 0.25) is 11.1 Å². The van der Waals surface area contributed by atoms with Gasteiger partial charge in [0, 0.05) is 19.1 Å². The number of carbonyl (C=O) groups excluding carboxylic acids is 1. The van der Waals surface area contributed by atoms with E-state index in [4.69, 9.17) is 25.6 Å². The Balaban J connectivity index is 2.12. The Bertz CT molecular complexity index is 773. The van der Waals surface area contributed by atoms with E-state index in [-0.39, 0.29) is 42.7 Å². The molecule has 1 aromatic heterocycles. The highest BCUT2D eigenvalue weighted by molar-refractivity contribution is 6.29. The summed E-state index contributed by atoms with van der Waals surface area (Å²) in [6, 6.07) is 2.88. The number of nitrogens with zero attached hydrogens (tertiary/aromatic N) is 1. The molecule has 10 heteroatoms. The Labute approximate surface area is 158 Å². The highest BCUT2D eigenvalue weighted by Gasteiger charge is 2.31. The first-order chi connectivity index (χ1) is 12.7. The minimum Gasteiger partial charge on any atom is -0.489 e. The van der Waals surface area contributed by atoms with E-state index in [0.29, 0.717) is 11.3 Å². The molecule has 1 N–H and O–H groups in total. The average Bonchev–Trinajstić information content (AvgIpc) is 2.91. The summed E-state index contributed by atoms with van der Waals surface area (Å²) in [5.41, 5.74) is 0.164. The van der Waals surface area contributed by atoms with Crippen LogP contribution in [-0.4, -0.2) is 31.4 Å². The molecule has 1 aromatic carbocycles. The van der Waals surface area contributed by atoms with E-state index < -0.39 is 17.6 Å². The molecule has 0 fully saturated rings. The van der Waals surface area contributed by atoms with Crippen molar-refractivity contribution in [3.05, 3.63) is 40.2 Å². The number of aromatic nitrogens is 1. The van der Waals surface area contributed by atoms with E-state index in [9.17, 15) is 18.0 Å². The van der Waals surface area contributed by atoms with Gasteiger partial charge in [0.05, 0.1) is 23.6 Å². The lowest BCUT2D eigenvalue weighted by Crippen LogP contribution is -2.15. The molecule has 27 heavy (non-hydrogen) atoms. The second-order valence-electron chi connectivity index (χ2n) is 5.62. The van der Waals surface area contributed by atoms with E-state index >= 15 is 0 Å². The Hall–Kier alpha value is -2.26. The van der Waals surface area contributed by atoms with Crippen LogP contribution in [0, 0.1) is 6.92 Å². The first-order valence-corrected chi connectivity index (χ1v) is 8.33. The molecule has 0 bridgehead atoms. The van der Waals surface area contributed by atoms with Crippen LogP contribution in [-0.2, 0) is 22.1 Å². The van der Waals surface area contributed by atoms with Gasteiger partial charge in [0.25, 0.3) is 0 Å². The highest BCUT2D eigenvalue weighted by Crippen LogP contribution is 2.35. The molecule has 0 radical (unpaired) electrons. The first-order valence-electron chi connectivity index (χ1n) is 7.96. The summed E-state index contributed by atoms with van der Waals surface area (Å²) < 4.78 is 53.9. The van der Waals surface area contributed by atoms with Crippen LogP contribution in [0.25, 0.3) is 0 Å². The number of amides is 1. The molecule has 2 rings (SSSR count). The van der Waals surface area contributed by atoms with Crippen LogP contribution in [0.5, 0.6) is 5.75 Å². The summed E-state index contributed by atoms with van der Waals surface area (Å²) in [6.45, 7) is 2.05. The van der Waals surface area contributed by atoms with Crippen molar-refractivity contribution in [1.82, 2.24) is 5.16 Å². The molecule has 148 valence electrons. The van der Waals surface area contributed by atoms with Crippen LogP contribution >= 0.6 is 11.6 Å². The van der Waals surface area contributed by atoms with Gasteiger partial charge in [-0.1, -0.05) is 5.16 Å². The van der Waals surface area contributed by atoms with Gasteiger partial charge in [-0.05, 0) is 43.1 Å². The van der Waals surface area contributed by atoms with Crippen molar-refractivity contribution in [2.75, 3.05) is 25.6 Å². The van der Waals surface area contributed by atoms with Crippen LogP contribution in [0.15, 0.2) is 22.7 Å². The van der Waals surface area contributed by atoms with Crippen molar-refractivity contribution >= 4 is 23.2 Å². The van der Waals surface area contributed by atoms with E-state index in [2.05, 4.69) is 10.5 Å². The van der Waals surface area contributed by atoms with Crippen LogP contribution < -0.4 is 10.1 Å². The summed E-state index contributed by atoms with van der Waals surface area (Å²) in [6.07, 6.45) is -4.33. The zero-order valence-corrected chi connectivity index (χ0v) is 15.4. The summed E-state index contributed by atoms with van der Waals surface area (Å²) >= 11 is 5.84. The SMILES string of the molecule is COCCOc1ccc(C(F)(F)F)cc1NC(=O)CCc1c(C)noc1Cl. The Morgan fingerprint density at radius 2 is 2.07 bits per heavy atom. The molecule has 0 aliphatic rings. The number of halogens is 4. The van der Waals surface area contributed by atoms with Crippen LogP contribution in [0.1, 0.15) is 23.2 Å². The maximum Gasteiger partial charge on any atom is 0.416 e. The van der Waals surface area contributed by atoms with Crippen molar-refractivity contribution in [3.63, 3.8) is 0 Å². The summed E-state index contributed by atoms with van der Waals surface area (Å²) in [5, 5.41) is 6.22. The number of alkyl halides is 3. The van der Waals surface area contributed by atoms with E-state index in [1.54, 1.807) is 6.92 Å². The molecule has 0 saturated carbocycles. The number of hydrogen-bond donors (Lipinski definition) is 1. The fourth-order valence-corrected chi connectivity index (χ4v) is 2.52. The standard InChI is InChI=1S/C17H18ClF3N2O4/c1-10-12(16(18)27-23-10)4-6-15(24)22-13-9-11(17(19,20)21)3-5-14(13)26-8-7-25-2/h3,5,9H,4,6-8H2,1-2H3,(H,22,24). The molecule has 0 aliphatic heterocycles. The number of aryl methyl sites for hydroxylation is 1. The maximum atomic E-state index is 13.0. The van der Waals surface area contributed by atoms with Crippen molar-refractivity contribution in [2.45, 2.75) is 25.9 Å². The van der Waals surface area contributed by atoms with Gasteiger partial charge in [0.15, 0.2) is 0 Å². The molecule has 0 aliphatic carbocycles. The zero-order valence-electron chi connectivity index (χ0n) is 14.7. The Kier molecular flexibility index (Phi) is 7.09. The number of ether oxygens (including phenoxy) is 2. The van der Waals surface area contributed by atoms with Crippen molar-refractivity contribution in [2.24, 2.45) is 0 Å². The second kappa shape index (κ2) is 9.09. The normalized spacial score (nSPS) is 11.5.